The normalized spacial score (nSPS) is 9.60. The Morgan fingerprint density at radius 1 is 1.60 bits per heavy atom. The van der Waals surface area contributed by atoms with Crippen molar-refractivity contribution in [3.05, 3.63) is 6.10 Å². The molecule has 0 fully saturated rings. The Morgan fingerprint density at radius 3 is 1.80 bits per heavy atom. The van der Waals surface area contributed by atoms with Crippen molar-refractivity contribution >= 4 is 0 Å². The molecule has 1 radical (unpaired) electrons. The van der Waals surface area contributed by atoms with Crippen LogP contribution in [0.4, 0.5) is 0 Å². The Hall–Kier alpha value is -0.0800. The minimum Gasteiger partial charge on any atom is -0.251 e. The van der Waals surface area contributed by atoms with Gasteiger partial charge < -0.3 is 0 Å². The largest absolute Gasteiger partial charge is 0.251 e. The first-order valence-corrected chi connectivity index (χ1v) is 1.39. The lowest BCUT2D eigenvalue weighted by molar-refractivity contribution is -0.229. The summed E-state index contributed by atoms with van der Waals surface area (Å²) >= 11 is 0. The van der Waals surface area contributed by atoms with E-state index in [-0.39, 0.29) is 0 Å². The second-order valence-electron chi connectivity index (χ2n) is 1.000. The molecular weight excluding hydrogens is 68.0 g/mol. The SMILES string of the molecule is C[C](C)OO. The summed E-state index contributed by atoms with van der Waals surface area (Å²) in [6.45, 7) is 3.33. The van der Waals surface area contributed by atoms with Gasteiger partial charge in [-0.1, -0.05) is 0 Å². The van der Waals surface area contributed by atoms with E-state index < -0.39 is 0 Å². The van der Waals surface area contributed by atoms with Crippen molar-refractivity contribution in [2.45, 2.75) is 13.8 Å². The lowest BCUT2D eigenvalue weighted by Crippen LogP contribution is -1.83. The van der Waals surface area contributed by atoms with E-state index in [1.54, 1.807) is 13.8 Å². The molecule has 2 nitrogen and oxygen atoms in total. The Balaban J connectivity index is 2.54. The quantitative estimate of drug-likeness (QED) is 0.373. The summed E-state index contributed by atoms with van der Waals surface area (Å²) in [5.41, 5.74) is 0. The highest BCUT2D eigenvalue weighted by atomic mass is 17.1. The minimum atomic E-state index is 0.560. The molecule has 0 aliphatic heterocycles. The van der Waals surface area contributed by atoms with E-state index in [1.165, 1.54) is 0 Å². The van der Waals surface area contributed by atoms with E-state index in [1.807, 2.05) is 0 Å². The molecule has 0 atom stereocenters. The minimum absolute atomic E-state index is 0.560. The third-order valence-electron chi connectivity index (χ3n) is 0.183. The Labute approximate surface area is 31.3 Å². The second-order valence-corrected chi connectivity index (χ2v) is 1.000. The molecule has 0 aromatic rings. The van der Waals surface area contributed by atoms with Gasteiger partial charge in [0.25, 0.3) is 0 Å². The van der Waals surface area contributed by atoms with Gasteiger partial charge in [-0.2, -0.15) is 0 Å². The van der Waals surface area contributed by atoms with E-state index >= 15 is 0 Å². The second kappa shape index (κ2) is 2.18. The van der Waals surface area contributed by atoms with Crippen LogP contribution in [0, 0.1) is 6.10 Å². The smallest absolute Gasteiger partial charge is 0.129 e. The van der Waals surface area contributed by atoms with Gasteiger partial charge in [0.1, 0.15) is 6.10 Å². The zero-order valence-electron chi connectivity index (χ0n) is 3.36. The zero-order chi connectivity index (χ0) is 4.28. The Morgan fingerprint density at radius 2 is 1.80 bits per heavy atom. The highest BCUT2D eigenvalue weighted by Crippen LogP contribution is 1.89. The van der Waals surface area contributed by atoms with Crippen molar-refractivity contribution in [3.8, 4) is 0 Å². The van der Waals surface area contributed by atoms with Crippen molar-refractivity contribution < 1.29 is 10.1 Å². The van der Waals surface area contributed by atoms with Crippen LogP contribution in [0.2, 0.25) is 0 Å². The lowest BCUT2D eigenvalue weighted by Gasteiger charge is -1.89. The summed E-state index contributed by atoms with van der Waals surface area (Å²) in [4.78, 5) is 3.67. The van der Waals surface area contributed by atoms with Crippen LogP contribution in [0.5, 0.6) is 0 Å². The molecule has 0 spiro atoms. The van der Waals surface area contributed by atoms with Gasteiger partial charge in [-0.15, -0.1) is 0 Å². The van der Waals surface area contributed by atoms with Crippen LogP contribution in [0.15, 0.2) is 0 Å². The fourth-order valence-corrected chi connectivity index (χ4v) is 0. The van der Waals surface area contributed by atoms with Crippen LogP contribution in [0.1, 0.15) is 13.8 Å². The van der Waals surface area contributed by atoms with Gasteiger partial charge in [0.15, 0.2) is 0 Å². The van der Waals surface area contributed by atoms with Crippen LogP contribution < -0.4 is 0 Å². The Bertz CT molecular complexity index is 18.9. The van der Waals surface area contributed by atoms with Crippen molar-refractivity contribution in [2.24, 2.45) is 0 Å². The molecule has 2 heteroatoms. The molecule has 0 aromatic carbocycles. The van der Waals surface area contributed by atoms with Gasteiger partial charge >= 0.3 is 0 Å². The van der Waals surface area contributed by atoms with Gasteiger partial charge in [0.2, 0.25) is 0 Å². The van der Waals surface area contributed by atoms with Crippen molar-refractivity contribution in [2.75, 3.05) is 0 Å². The first-order chi connectivity index (χ1) is 2.27. The molecule has 0 heterocycles. The first-order valence-electron chi connectivity index (χ1n) is 1.39. The van der Waals surface area contributed by atoms with Crippen LogP contribution in [0.3, 0.4) is 0 Å². The summed E-state index contributed by atoms with van der Waals surface area (Å²) in [6, 6.07) is 0. The predicted molar refractivity (Wildman–Crippen MR) is 18.3 cm³/mol. The summed E-state index contributed by atoms with van der Waals surface area (Å²) in [5.74, 6) is 0. The van der Waals surface area contributed by atoms with Crippen molar-refractivity contribution in [3.63, 3.8) is 0 Å². The van der Waals surface area contributed by atoms with Gasteiger partial charge in [-0.25, -0.2) is 4.89 Å². The zero-order valence-corrected chi connectivity index (χ0v) is 3.36. The number of hydrogen-bond donors (Lipinski definition) is 1. The van der Waals surface area contributed by atoms with Crippen molar-refractivity contribution in [1.29, 1.82) is 0 Å². The van der Waals surface area contributed by atoms with Crippen LogP contribution in [-0.2, 0) is 4.89 Å². The van der Waals surface area contributed by atoms with E-state index in [0.717, 1.165) is 0 Å². The third-order valence-corrected chi connectivity index (χ3v) is 0.183. The molecule has 0 rings (SSSR count). The summed E-state index contributed by atoms with van der Waals surface area (Å²) in [6.07, 6.45) is 0.560. The van der Waals surface area contributed by atoms with E-state index in [0.29, 0.717) is 6.10 Å². The third kappa shape index (κ3) is 3.92. The van der Waals surface area contributed by atoms with Crippen LogP contribution in [-0.4, -0.2) is 5.26 Å². The average molecular weight is 75.1 g/mol. The summed E-state index contributed by atoms with van der Waals surface area (Å²) < 4.78 is 0. The molecule has 0 aliphatic rings. The van der Waals surface area contributed by atoms with Crippen LogP contribution >= 0.6 is 0 Å². The fourth-order valence-electron chi connectivity index (χ4n) is 0. The highest BCUT2D eigenvalue weighted by molar-refractivity contribution is 4.54. The molecular formula is C3H7O2. The number of hydrogen-bond acceptors (Lipinski definition) is 2. The number of rotatable bonds is 1. The molecule has 1 N–H and O–H groups in total. The van der Waals surface area contributed by atoms with E-state index in [9.17, 15) is 0 Å². The highest BCUT2D eigenvalue weighted by Gasteiger charge is 1.84. The van der Waals surface area contributed by atoms with Gasteiger partial charge in [-0.3, -0.25) is 5.26 Å². The molecule has 0 amide bonds. The Kier molecular flexibility index (Phi) is 2.14. The lowest BCUT2D eigenvalue weighted by atomic mass is 10.5. The van der Waals surface area contributed by atoms with E-state index in [2.05, 4.69) is 4.89 Å². The molecule has 0 unspecified atom stereocenters. The van der Waals surface area contributed by atoms with E-state index in [4.69, 9.17) is 5.26 Å². The van der Waals surface area contributed by atoms with Crippen LogP contribution in [0.25, 0.3) is 0 Å². The molecule has 0 saturated carbocycles. The fraction of sp³-hybridized carbons (Fsp3) is 0.667. The topological polar surface area (TPSA) is 29.5 Å². The molecule has 0 aromatic heterocycles. The average Bonchev–Trinajstić information content (AvgIpc) is 1.38. The molecule has 5 heavy (non-hydrogen) atoms. The standard InChI is InChI=1S/C3H7O2/c1-3(2)5-4/h4H,1-2H3. The molecule has 0 aliphatic carbocycles. The summed E-state index contributed by atoms with van der Waals surface area (Å²) in [5, 5.41) is 7.61. The van der Waals surface area contributed by atoms with Gasteiger partial charge in [0, 0.05) is 0 Å². The molecule has 0 saturated heterocycles. The van der Waals surface area contributed by atoms with Crippen molar-refractivity contribution in [1.82, 2.24) is 0 Å². The molecule has 31 valence electrons. The monoisotopic (exact) mass is 75.0 g/mol. The van der Waals surface area contributed by atoms with Gasteiger partial charge in [0.05, 0.1) is 0 Å². The maximum Gasteiger partial charge on any atom is 0.129 e. The molecule has 0 bridgehead atoms. The first kappa shape index (κ1) is 4.92. The maximum atomic E-state index is 7.61. The predicted octanol–water partition coefficient (Wildman–Crippen LogP) is 1.05. The maximum absolute atomic E-state index is 7.61. The summed E-state index contributed by atoms with van der Waals surface area (Å²) in [7, 11) is 0. The van der Waals surface area contributed by atoms with Gasteiger partial charge in [-0.05, 0) is 13.8 Å².